The van der Waals surface area contributed by atoms with Crippen LogP contribution >= 0.6 is 0 Å². The Bertz CT molecular complexity index is 1640. The van der Waals surface area contributed by atoms with Crippen molar-refractivity contribution < 1.29 is 76.9 Å². The van der Waals surface area contributed by atoms with Crippen molar-refractivity contribution >= 4 is 35.8 Å². The molecule has 0 aromatic rings. The summed E-state index contributed by atoms with van der Waals surface area (Å²) in [5, 5.41) is 26.3. The van der Waals surface area contributed by atoms with Crippen LogP contribution in [0.2, 0.25) is 0 Å². The molecule has 1 spiro atoms. The lowest BCUT2D eigenvalue weighted by atomic mass is 9.36. The van der Waals surface area contributed by atoms with Crippen LogP contribution in [0.25, 0.3) is 0 Å². The molecule has 16 nitrogen and oxygen atoms in total. The molecule has 300 valence electrons. The van der Waals surface area contributed by atoms with Crippen molar-refractivity contribution in [3.63, 3.8) is 0 Å². The number of esters is 6. The number of ether oxygens (including phenoxy) is 8. The minimum absolute atomic E-state index is 0.0194. The van der Waals surface area contributed by atoms with Crippen molar-refractivity contribution in [2.24, 2.45) is 40.4 Å². The Morgan fingerprint density at radius 1 is 0.981 bits per heavy atom. The summed E-state index contributed by atoms with van der Waals surface area (Å²) in [5.41, 5.74) is -9.13. The standard InChI is InChI=1S/C38H52O16/c1-9-37(53-21(6)42)29(52-20(5)41)25-22(36(46)14-34(15-49-34)31-38(54-31,30(36)37)32(45)47-8)12-13-33(7)23-10-11-24(43)48-16-35(23,17(2)50-18(3)39)28(44)27(26(25)33)51-19(4)40/h17,22-23,25-31,44,46H,9-16H2,1-8H3/t17?,22?,23-,25?,26?,27-,28-,29?,30?,31?,33?,34?,35+,36?,37-,38?/m0/s1. The smallest absolute Gasteiger partial charge is 0.341 e. The summed E-state index contributed by atoms with van der Waals surface area (Å²) >= 11 is 0. The summed E-state index contributed by atoms with van der Waals surface area (Å²) < 4.78 is 47.8. The van der Waals surface area contributed by atoms with Crippen LogP contribution in [0.1, 0.15) is 87.0 Å². The average molecular weight is 765 g/mol. The molecule has 7 fully saturated rings. The second-order valence-electron chi connectivity index (χ2n) is 17.1. The summed E-state index contributed by atoms with van der Waals surface area (Å²) in [6, 6.07) is 0. The zero-order chi connectivity index (χ0) is 39.6. The molecule has 7 aliphatic rings. The highest BCUT2D eigenvalue weighted by Crippen LogP contribution is 2.76. The molecule has 0 amide bonds. The summed E-state index contributed by atoms with van der Waals surface area (Å²) in [6.07, 6.45) is -5.57. The monoisotopic (exact) mass is 764 g/mol. The van der Waals surface area contributed by atoms with E-state index in [1.165, 1.54) is 34.8 Å². The molecule has 54 heavy (non-hydrogen) atoms. The maximum atomic E-state index is 14.0. The van der Waals surface area contributed by atoms with Gasteiger partial charge in [0.1, 0.15) is 42.7 Å². The third-order valence-corrected chi connectivity index (χ3v) is 14.6. The third-order valence-electron chi connectivity index (χ3n) is 14.6. The minimum Gasteiger partial charge on any atom is -0.467 e. The number of hydrogen-bond acceptors (Lipinski definition) is 16. The summed E-state index contributed by atoms with van der Waals surface area (Å²) in [7, 11) is 1.20. The van der Waals surface area contributed by atoms with Gasteiger partial charge in [-0.05, 0) is 49.9 Å². The highest BCUT2D eigenvalue weighted by Gasteiger charge is 2.92. The van der Waals surface area contributed by atoms with E-state index in [1.807, 2.05) is 6.92 Å². The van der Waals surface area contributed by atoms with Crippen molar-refractivity contribution in [3.8, 4) is 0 Å². The molecule has 0 aromatic heterocycles. The molecular formula is C38H52O16. The molecule has 0 aromatic carbocycles. The fraction of sp³-hybridized carbons (Fsp3) is 0.842. The molecule has 3 saturated heterocycles. The Morgan fingerprint density at radius 3 is 2.20 bits per heavy atom. The molecule has 16 heteroatoms. The molecule has 2 N–H and O–H groups in total. The Hall–Kier alpha value is -3.34. The predicted octanol–water partition coefficient (Wildman–Crippen LogP) is 1.32. The highest BCUT2D eigenvalue weighted by atomic mass is 16.7. The molecule has 7 rings (SSSR count). The molecule has 11 unspecified atom stereocenters. The van der Waals surface area contributed by atoms with Crippen LogP contribution in [0.15, 0.2) is 0 Å². The molecule has 3 aliphatic heterocycles. The Morgan fingerprint density at radius 2 is 1.65 bits per heavy atom. The van der Waals surface area contributed by atoms with E-state index < -0.39 is 129 Å². The van der Waals surface area contributed by atoms with Crippen LogP contribution in [0.5, 0.6) is 0 Å². The molecule has 4 aliphatic carbocycles. The van der Waals surface area contributed by atoms with Crippen molar-refractivity contribution in [1.82, 2.24) is 0 Å². The maximum absolute atomic E-state index is 14.0. The lowest BCUT2D eigenvalue weighted by Crippen LogP contribution is -2.82. The van der Waals surface area contributed by atoms with E-state index >= 15 is 0 Å². The number of hydrogen-bond donors (Lipinski definition) is 2. The van der Waals surface area contributed by atoms with Gasteiger partial charge in [0.15, 0.2) is 5.60 Å². The van der Waals surface area contributed by atoms with E-state index in [0.29, 0.717) is 6.42 Å². The van der Waals surface area contributed by atoms with Gasteiger partial charge in [-0.25, -0.2) is 4.79 Å². The van der Waals surface area contributed by atoms with Crippen LogP contribution in [0.4, 0.5) is 0 Å². The number of aliphatic hydroxyl groups excluding tert-OH is 1. The van der Waals surface area contributed by atoms with Crippen molar-refractivity contribution in [2.75, 3.05) is 20.3 Å². The maximum Gasteiger partial charge on any atom is 0.341 e. The van der Waals surface area contributed by atoms with Crippen LogP contribution in [0, 0.1) is 40.4 Å². The average Bonchev–Trinajstić information content (AvgIpc) is 4.01. The lowest BCUT2D eigenvalue weighted by Gasteiger charge is -2.71. The van der Waals surface area contributed by atoms with Gasteiger partial charge in [-0.3, -0.25) is 24.0 Å². The number of methoxy groups -OCH3 is 1. The van der Waals surface area contributed by atoms with E-state index in [4.69, 9.17) is 37.9 Å². The number of carbonyl (C=O) groups is 6. The zero-order valence-corrected chi connectivity index (χ0v) is 32.0. The Kier molecular flexibility index (Phi) is 9.07. The first-order valence-electron chi connectivity index (χ1n) is 18.9. The molecule has 4 saturated carbocycles. The first kappa shape index (κ1) is 38.9. The number of epoxide rings is 2. The van der Waals surface area contributed by atoms with Gasteiger partial charge in [-0.2, -0.15) is 0 Å². The molecule has 0 bridgehead atoms. The molecule has 3 heterocycles. The van der Waals surface area contributed by atoms with Gasteiger partial charge in [-0.1, -0.05) is 13.8 Å². The van der Waals surface area contributed by atoms with Crippen molar-refractivity contribution in [3.05, 3.63) is 0 Å². The number of fused-ring (bicyclic) bond motifs is 10. The van der Waals surface area contributed by atoms with Gasteiger partial charge in [0.05, 0.1) is 30.7 Å². The van der Waals surface area contributed by atoms with Gasteiger partial charge < -0.3 is 48.1 Å². The normalized spacial score (nSPS) is 48.7. The minimum atomic E-state index is -1.92. The second kappa shape index (κ2) is 12.6. The highest BCUT2D eigenvalue weighted by molar-refractivity contribution is 5.86. The largest absolute Gasteiger partial charge is 0.467 e. The van der Waals surface area contributed by atoms with Crippen LogP contribution in [0.3, 0.4) is 0 Å². The number of carbonyl (C=O) groups excluding carboxylic acids is 6. The van der Waals surface area contributed by atoms with Crippen LogP contribution in [-0.2, 0) is 66.7 Å². The Labute approximate surface area is 313 Å². The van der Waals surface area contributed by atoms with Gasteiger partial charge in [0.2, 0.25) is 5.60 Å². The second-order valence-corrected chi connectivity index (χ2v) is 17.1. The van der Waals surface area contributed by atoms with Crippen molar-refractivity contribution in [1.29, 1.82) is 0 Å². The summed E-state index contributed by atoms with van der Waals surface area (Å²) in [4.78, 5) is 79.1. The molecule has 0 radical (unpaired) electrons. The topological polar surface area (TPSA) is 223 Å². The van der Waals surface area contributed by atoms with Crippen LogP contribution < -0.4 is 0 Å². The fourth-order valence-electron chi connectivity index (χ4n) is 13.0. The number of cyclic esters (lactones) is 1. The lowest BCUT2D eigenvalue weighted by molar-refractivity contribution is -0.338. The van der Waals surface area contributed by atoms with E-state index in [2.05, 4.69) is 0 Å². The first-order chi connectivity index (χ1) is 25.3. The van der Waals surface area contributed by atoms with Crippen molar-refractivity contribution in [2.45, 2.75) is 140 Å². The van der Waals surface area contributed by atoms with Gasteiger partial charge in [-0.15, -0.1) is 0 Å². The third kappa shape index (κ3) is 5.07. The van der Waals surface area contributed by atoms with Gasteiger partial charge >= 0.3 is 35.8 Å². The van der Waals surface area contributed by atoms with E-state index in [1.54, 1.807) is 13.8 Å². The van der Waals surface area contributed by atoms with E-state index in [9.17, 15) is 39.0 Å². The zero-order valence-electron chi connectivity index (χ0n) is 32.0. The quantitative estimate of drug-likeness (QED) is 0.212. The number of aliphatic hydroxyl groups is 2. The van der Waals surface area contributed by atoms with E-state index in [0.717, 1.165) is 0 Å². The Balaban J connectivity index is 1.50. The number of rotatable bonds is 7. The fourth-order valence-corrected chi connectivity index (χ4v) is 13.0. The first-order valence-corrected chi connectivity index (χ1v) is 18.9. The summed E-state index contributed by atoms with van der Waals surface area (Å²) in [5.74, 6) is -8.88. The SMILES string of the molecule is CC[C@]1(OC(C)=O)C(OC(C)=O)C2C(CCC3(C)C2[C@H](OC(C)=O)[C@H](O)[C@@]2(C(C)OC(C)=O)COC(=O)CC[C@@H]32)C2(O)CC3(CO3)C3OC3(C(=O)OC)C21. The summed E-state index contributed by atoms with van der Waals surface area (Å²) in [6.45, 7) is 9.92. The molecule has 16 atom stereocenters. The van der Waals surface area contributed by atoms with Gasteiger partial charge in [0.25, 0.3) is 0 Å². The predicted molar refractivity (Wildman–Crippen MR) is 178 cm³/mol. The van der Waals surface area contributed by atoms with Crippen LogP contribution in [-0.4, -0.2) is 119 Å². The molecular weight excluding hydrogens is 712 g/mol. The van der Waals surface area contributed by atoms with E-state index in [-0.39, 0.29) is 45.3 Å². The van der Waals surface area contributed by atoms with Gasteiger partial charge in [0, 0.05) is 52.4 Å².